The van der Waals surface area contributed by atoms with E-state index in [0.717, 1.165) is 11.3 Å². The van der Waals surface area contributed by atoms with Gasteiger partial charge in [0, 0.05) is 10.9 Å². The monoisotopic (exact) mass is 275 g/mol. The number of benzene rings is 1. The molecule has 0 aliphatic carbocycles. The Balaban J connectivity index is 2.33. The van der Waals surface area contributed by atoms with Crippen molar-refractivity contribution in [3.63, 3.8) is 0 Å². The number of thiazole rings is 1. The first-order valence-electron chi connectivity index (χ1n) is 6.05. The van der Waals surface area contributed by atoms with Gasteiger partial charge in [0.15, 0.2) is 5.13 Å². The lowest BCUT2D eigenvalue weighted by molar-refractivity contribution is -0.114. The van der Waals surface area contributed by atoms with Crippen LogP contribution in [0.3, 0.4) is 0 Å². The van der Waals surface area contributed by atoms with Crippen LogP contribution in [0.5, 0.6) is 0 Å². The Hall–Kier alpha value is -1.72. The third-order valence-electron chi connectivity index (χ3n) is 3.05. The van der Waals surface area contributed by atoms with Crippen LogP contribution in [0.2, 0.25) is 0 Å². The molecule has 0 fully saturated rings. The first-order chi connectivity index (χ1) is 9.01. The van der Waals surface area contributed by atoms with E-state index in [1.54, 1.807) is 0 Å². The standard InChI is InChI=1S/C14H17N3OS/c1-8-4-10(3)11(5-9(8)2)12-7-19-14(16-12)17-13(18)6-15/h4-5,7H,6,15H2,1-3H3,(H,16,17,18). The van der Waals surface area contributed by atoms with Gasteiger partial charge in [0.1, 0.15) is 0 Å². The lowest BCUT2D eigenvalue weighted by Gasteiger charge is -2.07. The van der Waals surface area contributed by atoms with E-state index in [9.17, 15) is 4.79 Å². The second kappa shape index (κ2) is 5.50. The molecule has 0 bridgehead atoms. The van der Waals surface area contributed by atoms with Gasteiger partial charge in [-0.05, 0) is 43.5 Å². The third kappa shape index (κ3) is 3.00. The number of aryl methyl sites for hydroxylation is 3. The number of carbonyl (C=O) groups excluding carboxylic acids is 1. The van der Waals surface area contributed by atoms with Crippen molar-refractivity contribution in [1.82, 2.24) is 4.98 Å². The molecule has 1 amide bonds. The van der Waals surface area contributed by atoms with Gasteiger partial charge in [0.05, 0.1) is 12.2 Å². The summed E-state index contributed by atoms with van der Waals surface area (Å²) in [6, 6.07) is 4.29. The summed E-state index contributed by atoms with van der Waals surface area (Å²) >= 11 is 1.41. The summed E-state index contributed by atoms with van der Waals surface area (Å²) in [7, 11) is 0. The minimum absolute atomic E-state index is 0.0302. The van der Waals surface area contributed by atoms with Crippen molar-refractivity contribution in [3.8, 4) is 11.3 Å². The molecular weight excluding hydrogens is 258 g/mol. The number of carbonyl (C=O) groups is 1. The molecule has 1 heterocycles. The molecule has 0 atom stereocenters. The second-order valence-electron chi connectivity index (χ2n) is 4.54. The van der Waals surface area contributed by atoms with Gasteiger partial charge in [-0.2, -0.15) is 0 Å². The van der Waals surface area contributed by atoms with Crippen LogP contribution in [-0.4, -0.2) is 17.4 Å². The van der Waals surface area contributed by atoms with E-state index in [1.165, 1.54) is 28.0 Å². The SMILES string of the molecule is Cc1cc(C)c(-c2csc(NC(=O)CN)n2)cc1C. The zero-order valence-corrected chi connectivity index (χ0v) is 12.1. The number of hydrogen-bond donors (Lipinski definition) is 2. The van der Waals surface area contributed by atoms with Gasteiger partial charge in [-0.3, -0.25) is 4.79 Å². The van der Waals surface area contributed by atoms with Crippen LogP contribution in [0, 0.1) is 20.8 Å². The Morgan fingerprint density at radius 3 is 2.63 bits per heavy atom. The van der Waals surface area contributed by atoms with Crippen molar-refractivity contribution in [1.29, 1.82) is 0 Å². The number of nitrogens with two attached hydrogens (primary N) is 1. The summed E-state index contributed by atoms with van der Waals surface area (Å²) in [6.45, 7) is 6.22. The number of amides is 1. The summed E-state index contributed by atoms with van der Waals surface area (Å²) in [5, 5.41) is 5.20. The number of aromatic nitrogens is 1. The highest BCUT2D eigenvalue weighted by Gasteiger charge is 2.10. The van der Waals surface area contributed by atoms with E-state index in [0.29, 0.717) is 5.13 Å². The van der Waals surface area contributed by atoms with Crippen LogP contribution >= 0.6 is 11.3 Å². The van der Waals surface area contributed by atoms with Crippen molar-refractivity contribution in [3.05, 3.63) is 34.2 Å². The number of hydrogen-bond acceptors (Lipinski definition) is 4. The molecule has 0 unspecified atom stereocenters. The third-order valence-corrected chi connectivity index (χ3v) is 3.81. The Morgan fingerprint density at radius 2 is 1.95 bits per heavy atom. The van der Waals surface area contributed by atoms with Gasteiger partial charge < -0.3 is 11.1 Å². The van der Waals surface area contributed by atoms with E-state index in [4.69, 9.17) is 5.73 Å². The zero-order chi connectivity index (χ0) is 14.0. The molecule has 0 spiro atoms. The van der Waals surface area contributed by atoms with E-state index < -0.39 is 0 Å². The minimum atomic E-state index is -0.224. The molecular formula is C14H17N3OS. The predicted molar refractivity (Wildman–Crippen MR) is 79.4 cm³/mol. The Bertz CT molecular complexity index is 619. The average Bonchev–Trinajstić information content (AvgIpc) is 2.82. The fraction of sp³-hybridized carbons (Fsp3) is 0.286. The Morgan fingerprint density at radius 1 is 1.26 bits per heavy atom. The highest BCUT2D eigenvalue weighted by Crippen LogP contribution is 2.29. The molecule has 1 aromatic heterocycles. The molecule has 0 aliphatic heterocycles. The van der Waals surface area contributed by atoms with Crippen molar-refractivity contribution < 1.29 is 4.79 Å². The average molecular weight is 275 g/mol. The lowest BCUT2D eigenvalue weighted by atomic mass is 9.99. The van der Waals surface area contributed by atoms with Crippen molar-refractivity contribution in [2.24, 2.45) is 5.73 Å². The molecule has 0 radical (unpaired) electrons. The van der Waals surface area contributed by atoms with Crippen LogP contribution in [0.4, 0.5) is 5.13 Å². The van der Waals surface area contributed by atoms with Crippen molar-refractivity contribution in [2.75, 3.05) is 11.9 Å². The van der Waals surface area contributed by atoms with E-state index >= 15 is 0 Å². The predicted octanol–water partition coefficient (Wildman–Crippen LogP) is 2.63. The summed E-state index contributed by atoms with van der Waals surface area (Å²) in [4.78, 5) is 15.7. The molecule has 19 heavy (non-hydrogen) atoms. The maximum atomic E-state index is 11.2. The van der Waals surface area contributed by atoms with Gasteiger partial charge in [-0.1, -0.05) is 6.07 Å². The minimum Gasteiger partial charge on any atom is -0.322 e. The number of anilines is 1. The van der Waals surface area contributed by atoms with Crippen LogP contribution in [0.1, 0.15) is 16.7 Å². The van der Waals surface area contributed by atoms with Gasteiger partial charge in [0.25, 0.3) is 0 Å². The van der Waals surface area contributed by atoms with E-state index in [2.05, 4.69) is 43.2 Å². The fourth-order valence-corrected chi connectivity index (χ4v) is 2.59. The quantitative estimate of drug-likeness (QED) is 0.904. The molecule has 0 aliphatic rings. The second-order valence-corrected chi connectivity index (χ2v) is 5.40. The summed E-state index contributed by atoms with van der Waals surface area (Å²) in [5.41, 5.74) is 10.9. The van der Waals surface area contributed by atoms with Crippen LogP contribution < -0.4 is 11.1 Å². The van der Waals surface area contributed by atoms with Crippen molar-refractivity contribution in [2.45, 2.75) is 20.8 Å². The van der Waals surface area contributed by atoms with Gasteiger partial charge in [-0.25, -0.2) is 4.98 Å². The summed E-state index contributed by atoms with van der Waals surface area (Å²) < 4.78 is 0. The number of nitrogens with zero attached hydrogens (tertiary/aromatic N) is 1. The summed E-state index contributed by atoms with van der Waals surface area (Å²) in [6.07, 6.45) is 0. The van der Waals surface area contributed by atoms with Crippen molar-refractivity contribution >= 4 is 22.4 Å². The number of nitrogens with one attached hydrogen (secondary N) is 1. The molecule has 0 saturated heterocycles. The highest BCUT2D eigenvalue weighted by atomic mass is 32.1. The Kier molecular flexibility index (Phi) is 3.97. The first-order valence-corrected chi connectivity index (χ1v) is 6.93. The molecule has 0 saturated carbocycles. The zero-order valence-electron chi connectivity index (χ0n) is 11.3. The molecule has 2 rings (SSSR count). The number of rotatable bonds is 3. The molecule has 5 heteroatoms. The van der Waals surface area contributed by atoms with Crippen LogP contribution in [-0.2, 0) is 4.79 Å². The Labute approximate surface area is 116 Å². The van der Waals surface area contributed by atoms with Crippen LogP contribution in [0.25, 0.3) is 11.3 Å². The summed E-state index contributed by atoms with van der Waals surface area (Å²) in [5.74, 6) is -0.224. The van der Waals surface area contributed by atoms with E-state index in [1.807, 2.05) is 5.38 Å². The topological polar surface area (TPSA) is 68.0 Å². The van der Waals surface area contributed by atoms with Gasteiger partial charge >= 0.3 is 0 Å². The normalized spacial score (nSPS) is 10.5. The smallest absolute Gasteiger partial charge is 0.239 e. The van der Waals surface area contributed by atoms with Crippen LogP contribution in [0.15, 0.2) is 17.5 Å². The van der Waals surface area contributed by atoms with Gasteiger partial charge in [-0.15, -0.1) is 11.3 Å². The highest BCUT2D eigenvalue weighted by molar-refractivity contribution is 7.14. The molecule has 100 valence electrons. The first kappa shape index (κ1) is 13.7. The molecule has 1 aromatic carbocycles. The van der Waals surface area contributed by atoms with Gasteiger partial charge in [0.2, 0.25) is 5.91 Å². The largest absolute Gasteiger partial charge is 0.322 e. The molecule has 4 nitrogen and oxygen atoms in total. The molecule has 2 aromatic rings. The maximum absolute atomic E-state index is 11.2. The molecule has 3 N–H and O–H groups in total. The maximum Gasteiger partial charge on any atom is 0.239 e. The lowest BCUT2D eigenvalue weighted by Crippen LogP contribution is -2.21. The van der Waals surface area contributed by atoms with E-state index in [-0.39, 0.29) is 12.5 Å². The fourth-order valence-electron chi connectivity index (χ4n) is 1.86.